The van der Waals surface area contributed by atoms with Crippen LogP contribution in [0.4, 0.5) is 0 Å². The Bertz CT molecular complexity index is 885. The van der Waals surface area contributed by atoms with Crippen LogP contribution in [0, 0.1) is 0 Å². The molecule has 28 heavy (non-hydrogen) atoms. The maximum Gasteiger partial charge on any atom is 0.342 e. The standard InChI is InChI=1S/C20H21NO6S/c1-12(13-4-7-16-18(8-13)27-11-26-16)21-19(22)10-25-20(23)15-6-5-14(28-3)9-17(15)24-2/h4-9,12H,10-11H2,1-3H3,(H,21,22)/t12-/m0/s1. The third kappa shape index (κ3) is 4.51. The molecule has 0 aromatic heterocycles. The van der Waals surface area contributed by atoms with E-state index >= 15 is 0 Å². The van der Waals surface area contributed by atoms with Crippen LogP contribution < -0.4 is 19.5 Å². The molecule has 1 amide bonds. The van der Waals surface area contributed by atoms with Crippen molar-refractivity contribution in [3.63, 3.8) is 0 Å². The highest BCUT2D eigenvalue weighted by Gasteiger charge is 2.19. The van der Waals surface area contributed by atoms with Crippen LogP contribution in [0.2, 0.25) is 0 Å². The second-order valence-corrected chi connectivity index (χ2v) is 6.92. The third-order valence-corrected chi connectivity index (χ3v) is 4.96. The van der Waals surface area contributed by atoms with Gasteiger partial charge in [0.15, 0.2) is 18.1 Å². The maximum atomic E-state index is 12.3. The lowest BCUT2D eigenvalue weighted by Gasteiger charge is -2.15. The van der Waals surface area contributed by atoms with E-state index in [4.69, 9.17) is 18.9 Å². The zero-order valence-corrected chi connectivity index (χ0v) is 16.6. The number of esters is 1. The number of nitrogens with one attached hydrogen (secondary N) is 1. The van der Waals surface area contributed by atoms with Gasteiger partial charge in [-0.05, 0) is 49.1 Å². The normalized spacial score (nSPS) is 13.0. The molecule has 1 aliphatic heterocycles. The second-order valence-electron chi connectivity index (χ2n) is 6.04. The summed E-state index contributed by atoms with van der Waals surface area (Å²) in [5.74, 6) is 0.711. The zero-order chi connectivity index (χ0) is 20.1. The van der Waals surface area contributed by atoms with Crippen LogP contribution in [-0.2, 0) is 9.53 Å². The van der Waals surface area contributed by atoms with E-state index < -0.39 is 11.9 Å². The first-order valence-corrected chi connectivity index (χ1v) is 9.82. The molecule has 0 bridgehead atoms. The van der Waals surface area contributed by atoms with Gasteiger partial charge in [0.1, 0.15) is 11.3 Å². The lowest BCUT2D eigenvalue weighted by Crippen LogP contribution is -2.31. The third-order valence-electron chi connectivity index (χ3n) is 4.24. The van der Waals surface area contributed by atoms with Crippen molar-refractivity contribution in [3.8, 4) is 17.2 Å². The van der Waals surface area contributed by atoms with Crippen molar-refractivity contribution < 1.29 is 28.5 Å². The van der Waals surface area contributed by atoms with Gasteiger partial charge in [0.05, 0.1) is 13.2 Å². The molecule has 0 spiro atoms. The summed E-state index contributed by atoms with van der Waals surface area (Å²) < 4.78 is 21.0. The zero-order valence-electron chi connectivity index (χ0n) is 15.8. The summed E-state index contributed by atoms with van der Waals surface area (Å²) >= 11 is 1.54. The molecule has 2 aromatic carbocycles. The number of hydrogen-bond acceptors (Lipinski definition) is 7. The van der Waals surface area contributed by atoms with Gasteiger partial charge < -0.3 is 24.3 Å². The Balaban J connectivity index is 1.56. The van der Waals surface area contributed by atoms with Crippen LogP contribution in [0.3, 0.4) is 0 Å². The van der Waals surface area contributed by atoms with Crippen LogP contribution in [-0.4, -0.2) is 38.6 Å². The second kappa shape index (κ2) is 8.88. The Labute approximate surface area is 167 Å². The Hall–Kier alpha value is -2.87. The van der Waals surface area contributed by atoms with Gasteiger partial charge in [-0.25, -0.2) is 4.79 Å². The highest BCUT2D eigenvalue weighted by atomic mass is 32.2. The fourth-order valence-corrected chi connectivity index (χ4v) is 3.15. The molecule has 2 aromatic rings. The van der Waals surface area contributed by atoms with Crippen LogP contribution in [0.25, 0.3) is 0 Å². The minimum Gasteiger partial charge on any atom is -0.496 e. The number of methoxy groups -OCH3 is 1. The molecule has 8 heteroatoms. The van der Waals surface area contributed by atoms with E-state index in [-0.39, 0.29) is 25.0 Å². The molecule has 0 fully saturated rings. The molecule has 148 valence electrons. The number of benzene rings is 2. The van der Waals surface area contributed by atoms with Crippen molar-refractivity contribution in [2.45, 2.75) is 17.9 Å². The summed E-state index contributed by atoms with van der Waals surface area (Å²) in [6.07, 6.45) is 1.93. The van der Waals surface area contributed by atoms with Crippen LogP contribution >= 0.6 is 11.8 Å². The Morgan fingerprint density at radius 1 is 1.18 bits per heavy atom. The maximum absolute atomic E-state index is 12.3. The number of carbonyl (C=O) groups excluding carboxylic acids is 2. The van der Waals surface area contributed by atoms with Crippen molar-refractivity contribution in [3.05, 3.63) is 47.5 Å². The molecule has 0 unspecified atom stereocenters. The summed E-state index contributed by atoms with van der Waals surface area (Å²) in [6, 6.07) is 10.4. The molecule has 0 saturated heterocycles. The largest absolute Gasteiger partial charge is 0.496 e. The van der Waals surface area contributed by atoms with Crippen LogP contribution in [0.15, 0.2) is 41.3 Å². The fraction of sp³-hybridized carbons (Fsp3) is 0.300. The highest BCUT2D eigenvalue weighted by Crippen LogP contribution is 2.34. The van der Waals surface area contributed by atoms with E-state index in [2.05, 4.69) is 5.32 Å². The predicted octanol–water partition coefficient (Wildman–Crippen LogP) is 3.18. The molecule has 1 aliphatic rings. The minimum atomic E-state index is -0.615. The number of rotatable bonds is 7. The number of hydrogen-bond donors (Lipinski definition) is 1. The summed E-state index contributed by atoms with van der Waals surface area (Å²) in [7, 11) is 1.48. The first-order chi connectivity index (χ1) is 13.5. The van der Waals surface area contributed by atoms with E-state index in [0.29, 0.717) is 17.2 Å². The summed E-state index contributed by atoms with van der Waals surface area (Å²) in [4.78, 5) is 25.4. The Morgan fingerprint density at radius 3 is 2.71 bits per heavy atom. The SMILES string of the molecule is COc1cc(SC)ccc1C(=O)OCC(=O)N[C@@H](C)c1ccc2c(c1)OCO2. The molecule has 1 atom stereocenters. The molecule has 1 N–H and O–H groups in total. The lowest BCUT2D eigenvalue weighted by molar-refractivity contribution is -0.124. The van der Waals surface area contributed by atoms with Gasteiger partial charge in [0.25, 0.3) is 5.91 Å². The quantitative estimate of drug-likeness (QED) is 0.561. The Morgan fingerprint density at radius 2 is 1.96 bits per heavy atom. The molecule has 7 nitrogen and oxygen atoms in total. The topological polar surface area (TPSA) is 83.1 Å². The molecule has 1 heterocycles. The number of ether oxygens (including phenoxy) is 4. The van der Waals surface area contributed by atoms with E-state index in [1.807, 2.05) is 25.3 Å². The van der Waals surface area contributed by atoms with E-state index in [1.54, 1.807) is 24.3 Å². The predicted molar refractivity (Wildman–Crippen MR) is 104 cm³/mol. The average Bonchev–Trinajstić information content (AvgIpc) is 3.19. The van der Waals surface area contributed by atoms with Gasteiger partial charge in [-0.1, -0.05) is 6.07 Å². The molecule has 0 saturated carbocycles. The van der Waals surface area contributed by atoms with E-state index in [9.17, 15) is 9.59 Å². The smallest absolute Gasteiger partial charge is 0.342 e. The number of carbonyl (C=O) groups is 2. The average molecular weight is 403 g/mol. The van der Waals surface area contributed by atoms with Crippen LogP contribution in [0.5, 0.6) is 17.2 Å². The van der Waals surface area contributed by atoms with Gasteiger partial charge in [-0.15, -0.1) is 11.8 Å². The first-order valence-electron chi connectivity index (χ1n) is 8.60. The van der Waals surface area contributed by atoms with Gasteiger partial charge in [0, 0.05) is 4.90 Å². The van der Waals surface area contributed by atoms with E-state index in [0.717, 1.165) is 10.5 Å². The van der Waals surface area contributed by atoms with Crippen molar-refractivity contribution in [1.29, 1.82) is 0 Å². The van der Waals surface area contributed by atoms with Gasteiger partial charge in [-0.3, -0.25) is 4.79 Å². The van der Waals surface area contributed by atoms with Crippen molar-refractivity contribution in [1.82, 2.24) is 5.32 Å². The van der Waals surface area contributed by atoms with Crippen molar-refractivity contribution >= 4 is 23.6 Å². The fourth-order valence-electron chi connectivity index (χ4n) is 2.72. The number of amides is 1. The molecule has 3 rings (SSSR count). The van der Waals surface area contributed by atoms with Gasteiger partial charge in [0.2, 0.25) is 6.79 Å². The van der Waals surface area contributed by atoms with Crippen molar-refractivity contribution in [2.24, 2.45) is 0 Å². The lowest BCUT2D eigenvalue weighted by atomic mass is 10.1. The summed E-state index contributed by atoms with van der Waals surface area (Å²) in [5.41, 5.74) is 1.13. The van der Waals surface area contributed by atoms with E-state index in [1.165, 1.54) is 18.9 Å². The van der Waals surface area contributed by atoms with Gasteiger partial charge >= 0.3 is 5.97 Å². The summed E-state index contributed by atoms with van der Waals surface area (Å²) in [6.45, 7) is 1.64. The van der Waals surface area contributed by atoms with Crippen LogP contribution in [0.1, 0.15) is 28.9 Å². The highest BCUT2D eigenvalue weighted by molar-refractivity contribution is 7.98. The van der Waals surface area contributed by atoms with Crippen molar-refractivity contribution in [2.75, 3.05) is 26.8 Å². The number of thioether (sulfide) groups is 1. The first kappa shape index (κ1) is 19.9. The number of fused-ring (bicyclic) bond motifs is 1. The molecular weight excluding hydrogens is 382 g/mol. The van der Waals surface area contributed by atoms with Gasteiger partial charge in [-0.2, -0.15) is 0 Å². The molecule has 0 aliphatic carbocycles. The Kier molecular flexibility index (Phi) is 6.30. The summed E-state index contributed by atoms with van der Waals surface area (Å²) in [5, 5.41) is 2.79. The molecule has 0 radical (unpaired) electrons. The minimum absolute atomic E-state index is 0.191. The molecular formula is C20H21NO6S. The monoisotopic (exact) mass is 403 g/mol.